The predicted octanol–water partition coefficient (Wildman–Crippen LogP) is 0.237. The highest BCUT2D eigenvalue weighted by Gasteiger charge is 2.14. The van der Waals surface area contributed by atoms with Gasteiger partial charge >= 0.3 is 0 Å². The summed E-state index contributed by atoms with van der Waals surface area (Å²) in [5.41, 5.74) is 5.81. The van der Waals surface area contributed by atoms with E-state index in [0.717, 1.165) is 6.54 Å². The molecule has 1 aliphatic rings. The van der Waals surface area contributed by atoms with Gasteiger partial charge in [-0.2, -0.15) is 4.98 Å². The molecule has 0 fully saturated rings. The molecule has 0 aromatic carbocycles. The van der Waals surface area contributed by atoms with E-state index in [1.165, 1.54) is 0 Å². The maximum Gasteiger partial charge on any atom is 0.261 e. The summed E-state index contributed by atoms with van der Waals surface area (Å²) in [5, 5.41) is 0. The van der Waals surface area contributed by atoms with Gasteiger partial charge < -0.3 is 10.6 Å². The van der Waals surface area contributed by atoms with E-state index in [2.05, 4.69) is 9.97 Å². The first-order valence-electron chi connectivity index (χ1n) is 3.96. The smallest absolute Gasteiger partial charge is 0.261 e. The van der Waals surface area contributed by atoms with Crippen LogP contribution in [0.15, 0.2) is 10.9 Å². The normalized spacial score (nSPS) is 13.4. The zero-order chi connectivity index (χ0) is 9.42. The van der Waals surface area contributed by atoms with Gasteiger partial charge in [-0.05, 0) is 6.08 Å². The Hall–Kier alpha value is -1.49. The van der Waals surface area contributed by atoms with Crippen LogP contribution in [0.3, 0.4) is 0 Å². The first-order chi connectivity index (χ1) is 6.18. The summed E-state index contributed by atoms with van der Waals surface area (Å²) in [6.07, 6.45) is 3.68. The first kappa shape index (κ1) is 10.6. The molecule has 1 aromatic rings. The molecule has 1 aliphatic heterocycles. The van der Waals surface area contributed by atoms with Crippen molar-refractivity contribution in [2.45, 2.75) is 0 Å². The summed E-state index contributed by atoms with van der Waals surface area (Å²) in [7, 11) is 1.87. The second kappa shape index (κ2) is 3.71. The predicted molar refractivity (Wildman–Crippen MR) is 58.8 cm³/mol. The SMILES string of the molecule is CN1CC=Cc2c1nc(N)[nH]c2=O.Cl. The number of fused-ring (bicyclic) bond motifs is 1. The fourth-order valence-electron chi connectivity index (χ4n) is 1.34. The van der Waals surface area contributed by atoms with Crippen molar-refractivity contribution in [1.82, 2.24) is 9.97 Å². The molecule has 2 rings (SSSR count). The Labute approximate surface area is 87.0 Å². The van der Waals surface area contributed by atoms with Crippen LogP contribution in [-0.4, -0.2) is 23.6 Å². The van der Waals surface area contributed by atoms with Crippen molar-refractivity contribution < 1.29 is 0 Å². The maximum atomic E-state index is 11.4. The number of nitrogens with two attached hydrogens (primary N) is 1. The molecule has 1 aromatic heterocycles. The highest BCUT2D eigenvalue weighted by atomic mass is 35.5. The van der Waals surface area contributed by atoms with Gasteiger partial charge in [0.2, 0.25) is 5.95 Å². The van der Waals surface area contributed by atoms with Crippen LogP contribution in [0, 0.1) is 0 Å². The van der Waals surface area contributed by atoms with Crippen molar-refractivity contribution in [2.24, 2.45) is 0 Å². The maximum absolute atomic E-state index is 11.4. The van der Waals surface area contributed by atoms with Crippen LogP contribution in [0.4, 0.5) is 11.8 Å². The molecule has 2 heterocycles. The Morgan fingerprint density at radius 1 is 1.64 bits per heavy atom. The van der Waals surface area contributed by atoms with Crippen molar-refractivity contribution in [3.05, 3.63) is 22.0 Å². The number of halogens is 1. The minimum Gasteiger partial charge on any atom is -0.369 e. The Morgan fingerprint density at radius 2 is 2.36 bits per heavy atom. The van der Waals surface area contributed by atoms with Crippen LogP contribution >= 0.6 is 12.4 Å². The number of hydrogen-bond acceptors (Lipinski definition) is 4. The number of aromatic nitrogens is 2. The molecule has 0 saturated heterocycles. The quantitative estimate of drug-likeness (QED) is 0.649. The highest BCUT2D eigenvalue weighted by Crippen LogP contribution is 2.18. The number of nitrogen functional groups attached to an aromatic ring is 1. The number of anilines is 2. The lowest BCUT2D eigenvalue weighted by atomic mass is 10.2. The number of nitrogens with one attached hydrogen (secondary N) is 1. The van der Waals surface area contributed by atoms with E-state index in [9.17, 15) is 4.79 Å². The lowest BCUT2D eigenvalue weighted by Crippen LogP contribution is -2.27. The van der Waals surface area contributed by atoms with E-state index in [1.807, 2.05) is 18.0 Å². The summed E-state index contributed by atoms with van der Waals surface area (Å²) >= 11 is 0. The molecule has 0 unspecified atom stereocenters. The average molecular weight is 215 g/mol. The van der Waals surface area contributed by atoms with Crippen LogP contribution in [0.1, 0.15) is 5.56 Å². The first-order valence-corrected chi connectivity index (χ1v) is 3.96. The van der Waals surface area contributed by atoms with E-state index >= 15 is 0 Å². The Kier molecular flexibility index (Phi) is 2.81. The molecule has 5 nitrogen and oxygen atoms in total. The molecule has 6 heteroatoms. The van der Waals surface area contributed by atoms with Crippen LogP contribution in [0.2, 0.25) is 0 Å². The second-order valence-electron chi connectivity index (χ2n) is 2.97. The van der Waals surface area contributed by atoms with E-state index in [1.54, 1.807) is 6.08 Å². The van der Waals surface area contributed by atoms with Gasteiger partial charge in [0.25, 0.3) is 5.56 Å². The minimum absolute atomic E-state index is 0. The van der Waals surface area contributed by atoms with E-state index in [0.29, 0.717) is 11.4 Å². The molecule has 0 spiro atoms. The highest BCUT2D eigenvalue weighted by molar-refractivity contribution is 5.85. The third kappa shape index (κ3) is 1.58. The lowest BCUT2D eigenvalue weighted by molar-refractivity contribution is 0.955. The summed E-state index contributed by atoms with van der Waals surface area (Å²) < 4.78 is 0. The lowest BCUT2D eigenvalue weighted by Gasteiger charge is -2.21. The minimum atomic E-state index is -0.190. The Morgan fingerprint density at radius 3 is 3.07 bits per heavy atom. The van der Waals surface area contributed by atoms with Gasteiger partial charge in [-0.3, -0.25) is 9.78 Å². The fraction of sp³-hybridized carbons (Fsp3) is 0.250. The Bertz CT molecular complexity index is 426. The molecule has 0 radical (unpaired) electrons. The second-order valence-corrected chi connectivity index (χ2v) is 2.97. The molecular weight excluding hydrogens is 204 g/mol. The van der Waals surface area contributed by atoms with Gasteiger partial charge in [-0.15, -0.1) is 12.4 Å². The standard InChI is InChI=1S/C8H10N4O.ClH/c1-12-4-2-3-5-6(12)10-8(9)11-7(5)13;/h2-3H,4H2,1H3,(H3,9,10,11,13);1H. The van der Waals surface area contributed by atoms with Gasteiger partial charge in [-0.1, -0.05) is 6.08 Å². The number of rotatable bonds is 0. The van der Waals surface area contributed by atoms with Crippen molar-refractivity contribution in [1.29, 1.82) is 0 Å². The summed E-state index contributed by atoms with van der Waals surface area (Å²) in [4.78, 5) is 19.8. The number of likely N-dealkylation sites (N-methyl/N-ethyl adjacent to an activating group) is 1. The van der Waals surface area contributed by atoms with Gasteiger partial charge in [0.1, 0.15) is 5.82 Å². The molecule has 0 aliphatic carbocycles. The largest absolute Gasteiger partial charge is 0.369 e. The van der Waals surface area contributed by atoms with Gasteiger partial charge in [0.05, 0.1) is 5.56 Å². The number of H-pyrrole nitrogens is 1. The zero-order valence-electron chi connectivity index (χ0n) is 7.65. The fourth-order valence-corrected chi connectivity index (χ4v) is 1.34. The zero-order valence-corrected chi connectivity index (χ0v) is 8.47. The molecule has 14 heavy (non-hydrogen) atoms. The molecule has 0 bridgehead atoms. The molecule has 3 N–H and O–H groups in total. The van der Waals surface area contributed by atoms with Gasteiger partial charge in [0.15, 0.2) is 0 Å². The van der Waals surface area contributed by atoms with E-state index < -0.39 is 0 Å². The van der Waals surface area contributed by atoms with Crippen molar-refractivity contribution in [2.75, 3.05) is 24.2 Å². The van der Waals surface area contributed by atoms with Crippen molar-refractivity contribution in [3.63, 3.8) is 0 Å². The average Bonchev–Trinajstić information content (AvgIpc) is 2.07. The van der Waals surface area contributed by atoms with Crippen LogP contribution in [0.5, 0.6) is 0 Å². The topological polar surface area (TPSA) is 75.0 Å². The van der Waals surface area contributed by atoms with Crippen LogP contribution in [-0.2, 0) is 0 Å². The van der Waals surface area contributed by atoms with Gasteiger partial charge in [0, 0.05) is 13.6 Å². The molecule has 76 valence electrons. The van der Waals surface area contributed by atoms with Crippen molar-refractivity contribution >= 4 is 30.2 Å². The van der Waals surface area contributed by atoms with Crippen molar-refractivity contribution in [3.8, 4) is 0 Å². The van der Waals surface area contributed by atoms with E-state index in [4.69, 9.17) is 5.73 Å². The number of aromatic amines is 1. The van der Waals surface area contributed by atoms with E-state index in [-0.39, 0.29) is 23.9 Å². The van der Waals surface area contributed by atoms with Crippen LogP contribution in [0.25, 0.3) is 6.08 Å². The summed E-state index contributed by atoms with van der Waals surface area (Å²) in [6.45, 7) is 0.753. The molecular formula is C8H11ClN4O. The third-order valence-corrected chi connectivity index (χ3v) is 1.98. The Balaban J connectivity index is 0.000000980. The van der Waals surface area contributed by atoms with Crippen LogP contribution < -0.4 is 16.2 Å². The van der Waals surface area contributed by atoms with Gasteiger partial charge in [-0.25, -0.2) is 0 Å². The third-order valence-electron chi connectivity index (χ3n) is 1.98. The number of nitrogens with zero attached hydrogens (tertiary/aromatic N) is 2. The number of hydrogen-bond donors (Lipinski definition) is 2. The molecule has 0 amide bonds. The molecule has 0 saturated carbocycles. The summed E-state index contributed by atoms with van der Waals surface area (Å²) in [6, 6.07) is 0. The monoisotopic (exact) mass is 214 g/mol. The summed E-state index contributed by atoms with van der Waals surface area (Å²) in [5.74, 6) is 0.801. The molecule has 0 atom stereocenters.